The summed E-state index contributed by atoms with van der Waals surface area (Å²) in [5.41, 5.74) is 8.15. The molecule has 1 saturated heterocycles. The lowest BCUT2D eigenvalue weighted by Crippen LogP contribution is -2.58. The number of benzene rings is 2. The summed E-state index contributed by atoms with van der Waals surface area (Å²) in [5.74, 6) is -1.99. The minimum Gasteiger partial charge on any atom is -0.481 e. The predicted molar refractivity (Wildman–Crippen MR) is 146 cm³/mol. The molecule has 0 radical (unpaired) electrons. The maximum atomic E-state index is 14.3. The molecule has 2 aromatic carbocycles. The summed E-state index contributed by atoms with van der Waals surface area (Å²) >= 11 is 0. The van der Waals surface area contributed by atoms with E-state index in [1.807, 2.05) is 30.5 Å². The number of nitrogens with two attached hydrogens (primary N) is 1. The van der Waals surface area contributed by atoms with Gasteiger partial charge in [-0.05, 0) is 79.3 Å². The number of piperidine rings is 1. The molecule has 8 nitrogen and oxygen atoms in total. The van der Waals surface area contributed by atoms with Gasteiger partial charge < -0.3 is 26.0 Å². The molecule has 9 heteroatoms. The Hall–Kier alpha value is -3.72. The molecular weight excluding hydrogens is 499 g/mol. The van der Waals surface area contributed by atoms with Gasteiger partial charge >= 0.3 is 5.97 Å². The van der Waals surface area contributed by atoms with Crippen molar-refractivity contribution in [2.75, 3.05) is 13.1 Å². The Balaban J connectivity index is 1.36. The topological polar surface area (TPSA) is 129 Å². The quantitative estimate of drug-likeness (QED) is 0.368. The van der Waals surface area contributed by atoms with E-state index in [0.717, 1.165) is 27.6 Å². The van der Waals surface area contributed by atoms with E-state index in [4.69, 9.17) is 5.73 Å². The number of aromatic nitrogens is 1. The van der Waals surface area contributed by atoms with Crippen LogP contribution in [0.5, 0.6) is 0 Å². The second-order valence-electron chi connectivity index (χ2n) is 11.6. The van der Waals surface area contributed by atoms with Gasteiger partial charge in [0.15, 0.2) is 0 Å². The molecule has 2 amide bonds. The Morgan fingerprint density at radius 3 is 2.62 bits per heavy atom. The number of carboxylic acid groups (broad SMARTS) is 1. The van der Waals surface area contributed by atoms with E-state index in [1.54, 1.807) is 24.8 Å². The summed E-state index contributed by atoms with van der Waals surface area (Å²) in [6, 6.07) is 11.6. The Morgan fingerprint density at radius 2 is 1.92 bits per heavy atom. The van der Waals surface area contributed by atoms with Crippen LogP contribution in [0.15, 0.2) is 48.7 Å². The molecule has 2 heterocycles. The van der Waals surface area contributed by atoms with Crippen molar-refractivity contribution in [2.24, 2.45) is 5.73 Å². The van der Waals surface area contributed by atoms with Crippen molar-refractivity contribution >= 4 is 28.7 Å². The molecule has 1 unspecified atom stereocenters. The first-order valence-corrected chi connectivity index (χ1v) is 13.4. The third kappa shape index (κ3) is 5.28. The lowest BCUT2D eigenvalue weighted by molar-refractivity contribution is -0.138. The monoisotopic (exact) mass is 534 g/mol. The molecule has 5 rings (SSSR count). The van der Waals surface area contributed by atoms with Gasteiger partial charge in [0, 0.05) is 36.6 Å². The van der Waals surface area contributed by atoms with Crippen LogP contribution < -0.4 is 11.1 Å². The number of fused-ring (bicyclic) bond motifs is 3. The van der Waals surface area contributed by atoms with Crippen molar-refractivity contribution in [1.29, 1.82) is 0 Å². The summed E-state index contributed by atoms with van der Waals surface area (Å²) in [4.78, 5) is 43.2. The highest BCUT2D eigenvalue weighted by Gasteiger charge is 2.47. The average Bonchev–Trinajstić information content (AvgIpc) is 3.41. The molecule has 1 spiro atoms. The van der Waals surface area contributed by atoms with Crippen molar-refractivity contribution in [1.82, 2.24) is 15.2 Å². The smallest absolute Gasteiger partial charge is 0.303 e. The number of carboxylic acids is 1. The van der Waals surface area contributed by atoms with Crippen LogP contribution in [0.4, 0.5) is 4.39 Å². The van der Waals surface area contributed by atoms with E-state index < -0.39 is 23.5 Å². The number of aliphatic carboxylic acids is 1. The number of hydrogen-bond donors (Lipinski definition) is 4. The Kier molecular flexibility index (Phi) is 6.97. The summed E-state index contributed by atoms with van der Waals surface area (Å²) in [7, 11) is 0. The van der Waals surface area contributed by atoms with Crippen LogP contribution in [0.25, 0.3) is 10.9 Å². The SMILES string of the molecule is CC(C)(N)C(=O)N[C@H](Cc1c[nH]c2ccccc12)C(=O)N1CCC2(CC1)CC(CC(=O)O)c1ccc(F)cc12. The highest BCUT2D eigenvalue weighted by Crippen LogP contribution is 2.53. The Bertz CT molecular complexity index is 1420. The average molecular weight is 535 g/mol. The molecule has 2 atom stereocenters. The van der Waals surface area contributed by atoms with Gasteiger partial charge in [-0.1, -0.05) is 24.3 Å². The summed E-state index contributed by atoms with van der Waals surface area (Å²) < 4.78 is 14.3. The zero-order chi connectivity index (χ0) is 27.9. The number of halogens is 1. The van der Waals surface area contributed by atoms with E-state index >= 15 is 0 Å². The van der Waals surface area contributed by atoms with Gasteiger partial charge in [-0.3, -0.25) is 14.4 Å². The number of carbonyl (C=O) groups is 3. The lowest BCUT2D eigenvalue weighted by Gasteiger charge is -2.41. The first-order valence-electron chi connectivity index (χ1n) is 13.4. The third-order valence-electron chi connectivity index (χ3n) is 8.40. The molecular formula is C30H35FN4O4. The first-order chi connectivity index (χ1) is 18.5. The number of amides is 2. The number of rotatable bonds is 7. The molecule has 1 aliphatic heterocycles. The first kappa shape index (κ1) is 26.9. The van der Waals surface area contributed by atoms with Crippen LogP contribution in [0, 0.1) is 5.82 Å². The van der Waals surface area contributed by atoms with Crippen molar-refractivity contribution < 1.29 is 23.9 Å². The molecule has 1 aromatic heterocycles. The molecule has 206 valence electrons. The van der Waals surface area contributed by atoms with Crippen molar-refractivity contribution in [2.45, 2.75) is 68.9 Å². The zero-order valence-corrected chi connectivity index (χ0v) is 22.3. The van der Waals surface area contributed by atoms with Crippen molar-refractivity contribution in [3.63, 3.8) is 0 Å². The minimum absolute atomic E-state index is 0.00334. The standard InChI is InChI=1S/C30H35FN4O4/c1-29(2,32)28(39)34-25(13-19-17-33-24-6-4-3-5-22(19)24)27(38)35-11-9-30(10-12-35)16-18(14-26(36)37)21-8-7-20(31)15-23(21)30/h3-8,15,17-18,25,33H,9-14,16,32H2,1-2H3,(H,34,39)(H,36,37)/t18?,25-/m1/s1. The van der Waals surface area contributed by atoms with E-state index in [2.05, 4.69) is 10.3 Å². The second kappa shape index (κ2) is 10.1. The Labute approximate surface area is 226 Å². The molecule has 3 aromatic rings. The second-order valence-corrected chi connectivity index (χ2v) is 11.6. The number of hydrogen-bond acceptors (Lipinski definition) is 4. The third-order valence-corrected chi connectivity index (χ3v) is 8.40. The molecule has 0 saturated carbocycles. The normalized spacial score (nSPS) is 19.2. The van der Waals surface area contributed by atoms with Gasteiger partial charge in [-0.2, -0.15) is 0 Å². The summed E-state index contributed by atoms with van der Waals surface area (Å²) in [6.07, 6.45) is 3.99. The summed E-state index contributed by atoms with van der Waals surface area (Å²) in [5, 5.41) is 13.3. The van der Waals surface area contributed by atoms with Crippen molar-refractivity contribution in [3.05, 3.63) is 71.2 Å². The fourth-order valence-corrected chi connectivity index (χ4v) is 6.34. The molecule has 2 aliphatic rings. The molecule has 0 bridgehead atoms. The zero-order valence-electron chi connectivity index (χ0n) is 22.3. The number of nitrogens with one attached hydrogen (secondary N) is 2. The summed E-state index contributed by atoms with van der Waals surface area (Å²) in [6.45, 7) is 4.07. The van der Waals surface area contributed by atoms with Crippen LogP contribution in [-0.2, 0) is 26.2 Å². The maximum absolute atomic E-state index is 14.3. The van der Waals surface area contributed by atoms with Gasteiger partial charge in [-0.25, -0.2) is 4.39 Å². The van der Waals surface area contributed by atoms with Gasteiger partial charge in [0.25, 0.3) is 0 Å². The molecule has 1 aliphatic carbocycles. The largest absolute Gasteiger partial charge is 0.481 e. The fourth-order valence-electron chi connectivity index (χ4n) is 6.34. The lowest BCUT2D eigenvalue weighted by atomic mass is 9.73. The van der Waals surface area contributed by atoms with Gasteiger partial charge in [-0.15, -0.1) is 0 Å². The molecule has 1 fully saturated rings. The van der Waals surface area contributed by atoms with Crippen molar-refractivity contribution in [3.8, 4) is 0 Å². The number of likely N-dealkylation sites (tertiary alicyclic amines) is 1. The van der Waals surface area contributed by atoms with Crippen LogP contribution >= 0.6 is 0 Å². The highest BCUT2D eigenvalue weighted by molar-refractivity contribution is 5.92. The van der Waals surface area contributed by atoms with Gasteiger partial charge in [0.05, 0.1) is 12.0 Å². The van der Waals surface area contributed by atoms with E-state index in [-0.39, 0.29) is 29.5 Å². The number of carbonyl (C=O) groups excluding carboxylic acids is 2. The highest BCUT2D eigenvalue weighted by atomic mass is 19.1. The maximum Gasteiger partial charge on any atom is 0.303 e. The van der Waals surface area contributed by atoms with Crippen LogP contribution in [0.3, 0.4) is 0 Å². The van der Waals surface area contributed by atoms with E-state index in [0.29, 0.717) is 38.8 Å². The van der Waals surface area contributed by atoms with E-state index in [1.165, 1.54) is 12.1 Å². The number of nitrogens with zero attached hydrogens (tertiary/aromatic N) is 1. The number of para-hydroxylation sites is 1. The Morgan fingerprint density at radius 1 is 1.21 bits per heavy atom. The molecule has 39 heavy (non-hydrogen) atoms. The fraction of sp³-hybridized carbons (Fsp3) is 0.433. The molecule has 5 N–H and O–H groups in total. The number of H-pyrrole nitrogens is 1. The van der Waals surface area contributed by atoms with E-state index in [9.17, 15) is 23.9 Å². The van der Waals surface area contributed by atoms with Gasteiger partial charge in [0.1, 0.15) is 11.9 Å². The minimum atomic E-state index is -1.15. The van der Waals surface area contributed by atoms with Crippen LogP contribution in [0.1, 0.15) is 62.1 Å². The number of aromatic amines is 1. The van der Waals surface area contributed by atoms with Crippen LogP contribution in [-0.4, -0.2) is 57.4 Å². The van der Waals surface area contributed by atoms with Gasteiger partial charge in [0.2, 0.25) is 11.8 Å². The predicted octanol–water partition coefficient (Wildman–Crippen LogP) is 3.59. The van der Waals surface area contributed by atoms with Crippen LogP contribution in [0.2, 0.25) is 0 Å².